The number of hydrogen-bond acceptors (Lipinski definition) is 4. The zero-order chi connectivity index (χ0) is 11.4. The van der Waals surface area contributed by atoms with E-state index in [4.69, 9.17) is 11.6 Å². The summed E-state index contributed by atoms with van der Waals surface area (Å²) in [6.07, 6.45) is 3.04. The summed E-state index contributed by atoms with van der Waals surface area (Å²) in [4.78, 5) is 7.93. The predicted molar refractivity (Wildman–Crippen MR) is 62.5 cm³/mol. The molecule has 1 aromatic carbocycles. The molecule has 2 rings (SSSR count). The zero-order valence-corrected chi connectivity index (χ0v) is 9.15. The Bertz CT molecular complexity index is 490. The third-order valence-electron chi connectivity index (χ3n) is 2.06. The zero-order valence-electron chi connectivity index (χ0n) is 8.39. The molecule has 0 atom stereocenters. The van der Waals surface area contributed by atoms with Crippen LogP contribution in [0.3, 0.4) is 0 Å². The van der Waals surface area contributed by atoms with E-state index in [1.807, 2.05) is 12.1 Å². The number of hydrogen-bond donors (Lipinski definition) is 2. The molecule has 4 nitrogen and oxygen atoms in total. The van der Waals surface area contributed by atoms with Gasteiger partial charge in [0.2, 0.25) is 0 Å². The van der Waals surface area contributed by atoms with Crippen LogP contribution >= 0.6 is 11.6 Å². The van der Waals surface area contributed by atoms with Gasteiger partial charge in [0.05, 0.1) is 12.4 Å². The van der Waals surface area contributed by atoms with Crippen molar-refractivity contribution in [3.8, 4) is 5.75 Å². The predicted octanol–water partition coefficient (Wildman–Crippen LogP) is 2.45. The monoisotopic (exact) mass is 235 g/mol. The fourth-order valence-electron chi connectivity index (χ4n) is 1.27. The van der Waals surface area contributed by atoms with E-state index in [9.17, 15) is 5.11 Å². The van der Waals surface area contributed by atoms with E-state index < -0.39 is 0 Å². The summed E-state index contributed by atoms with van der Waals surface area (Å²) in [6.45, 7) is 0.474. The molecular weight excluding hydrogens is 226 g/mol. The van der Waals surface area contributed by atoms with Crippen molar-refractivity contribution in [2.75, 3.05) is 5.32 Å². The first-order valence-electron chi connectivity index (χ1n) is 4.74. The molecule has 0 spiro atoms. The van der Waals surface area contributed by atoms with Gasteiger partial charge in [0, 0.05) is 12.1 Å². The highest BCUT2D eigenvalue weighted by atomic mass is 35.5. The first kappa shape index (κ1) is 10.7. The smallest absolute Gasteiger partial charge is 0.149 e. The van der Waals surface area contributed by atoms with E-state index >= 15 is 0 Å². The molecule has 0 unspecified atom stereocenters. The van der Waals surface area contributed by atoms with Crippen LogP contribution in [-0.4, -0.2) is 15.1 Å². The number of phenolic OH excluding ortho intramolecular Hbond substituents is 1. The number of nitrogens with one attached hydrogen (secondary N) is 1. The van der Waals surface area contributed by atoms with Crippen molar-refractivity contribution in [3.63, 3.8) is 0 Å². The number of aromatic nitrogens is 2. The van der Waals surface area contributed by atoms with E-state index in [2.05, 4.69) is 15.3 Å². The molecule has 0 fully saturated rings. The average molecular weight is 236 g/mol. The van der Waals surface area contributed by atoms with Gasteiger partial charge in [-0.05, 0) is 6.07 Å². The summed E-state index contributed by atoms with van der Waals surface area (Å²) in [5.41, 5.74) is 0.796. The molecule has 0 saturated carbocycles. The van der Waals surface area contributed by atoms with Gasteiger partial charge < -0.3 is 10.4 Å². The third kappa shape index (κ3) is 2.61. The number of rotatable bonds is 3. The Morgan fingerprint density at radius 1 is 1.25 bits per heavy atom. The number of halogens is 1. The Morgan fingerprint density at radius 3 is 2.81 bits per heavy atom. The van der Waals surface area contributed by atoms with Gasteiger partial charge in [0.15, 0.2) is 0 Å². The van der Waals surface area contributed by atoms with E-state index in [0.29, 0.717) is 17.5 Å². The maximum absolute atomic E-state index is 9.54. The lowest BCUT2D eigenvalue weighted by Gasteiger charge is -2.06. The molecule has 82 valence electrons. The fraction of sp³-hybridized carbons (Fsp3) is 0.0909. The molecule has 2 aromatic rings. The largest absolute Gasteiger partial charge is 0.508 e. The molecule has 0 bridgehead atoms. The lowest BCUT2D eigenvalue weighted by Crippen LogP contribution is -2.01. The molecule has 0 aliphatic heterocycles. The minimum absolute atomic E-state index is 0.255. The standard InChI is InChI=1S/C11H10ClN3O/c12-10-6-13-7-11(15-10)14-5-8-3-1-2-4-9(8)16/h1-4,6-7,16H,5H2,(H,14,15). The molecule has 16 heavy (non-hydrogen) atoms. The third-order valence-corrected chi connectivity index (χ3v) is 2.24. The number of aromatic hydroxyl groups is 1. The van der Waals surface area contributed by atoms with Gasteiger partial charge in [0.1, 0.15) is 16.7 Å². The van der Waals surface area contributed by atoms with E-state index in [0.717, 1.165) is 5.56 Å². The second-order valence-corrected chi connectivity index (χ2v) is 3.60. The van der Waals surface area contributed by atoms with Crippen LogP contribution in [0.4, 0.5) is 5.82 Å². The Balaban J connectivity index is 2.05. The fourth-order valence-corrected chi connectivity index (χ4v) is 1.42. The molecular formula is C11H10ClN3O. The maximum Gasteiger partial charge on any atom is 0.149 e. The van der Waals surface area contributed by atoms with Crippen molar-refractivity contribution in [1.29, 1.82) is 0 Å². The van der Waals surface area contributed by atoms with Gasteiger partial charge in [-0.2, -0.15) is 0 Å². The molecule has 0 amide bonds. The second kappa shape index (κ2) is 4.81. The highest BCUT2D eigenvalue weighted by molar-refractivity contribution is 6.29. The average Bonchev–Trinajstić information content (AvgIpc) is 2.28. The molecule has 0 aliphatic carbocycles. The highest BCUT2D eigenvalue weighted by Gasteiger charge is 2.00. The minimum Gasteiger partial charge on any atom is -0.508 e. The number of nitrogens with zero attached hydrogens (tertiary/aromatic N) is 2. The number of phenols is 1. The Kier molecular flexibility index (Phi) is 3.22. The summed E-state index contributed by atoms with van der Waals surface area (Å²) in [5, 5.41) is 12.9. The minimum atomic E-state index is 0.255. The van der Waals surface area contributed by atoms with Crippen LogP contribution in [0, 0.1) is 0 Å². The van der Waals surface area contributed by atoms with Crippen LogP contribution in [0.2, 0.25) is 5.15 Å². The van der Waals surface area contributed by atoms with E-state index in [1.165, 1.54) is 6.20 Å². The maximum atomic E-state index is 9.54. The molecule has 1 aromatic heterocycles. The lowest BCUT2D eigenvalue weighted by atomic mass is 10.2. The Labute approximate surface area is 97.9 Å². The number of anilines is 1. The van der Waals surface area contributed by atoms with Crippen LogP contribution < -0.4 is 5.32 Å². The second-order valence-electron chi connectivity index (χ2n) is 3.21. The van der Waals surface area contributed by atoms with Gasteiger partial charge in [0.25, 0.3) is 0 Å². The molecule has 0 saturated heterocycles. The first-order valence-corrected chi connectivity index (χ1v) is 5.12. The molecule has 5 heteroatoms. The summed E-state index contributed by atoms with van der Waals surface area (Å²) >= 11 is 5.69. The van der Waals surface area contributed by atoms with Crippen molar-refractivity contribution in [2.24, 2.45) is 0 Å². The Morgan fingerprint density at radius 2 is 2.06 bits per heavy atom. The van der Waals surface area contributed by atoms with Crippen molar-refractivity contribution < 1.29 is 5.11 Å². The van der Waals surface area contributed by atoms with Crippen molar-refractivity contribution in [3.05, 3.63) is 47.4 Å². The number of para-hydroxylation sites is 1. The van der Waals surface area contributed by atoms with Gasteiger partial charge in [-0.15, -0.1) is 0 Å². The summed E-state index contributed by atoms with van der Waals surface area (Å²) in [6, 6.07) is 7.11. The summed E-state index contributed by atoms with van der Waals surface area (Å²) in [5.74, 6) is 0.834. The van der Waals surface area contributed by atoms with Crippen molar-refractivity contribution in [2.45, 2.75) is 6.54 Å². The highest BCUT2D eigenvalue weighted by Crippen LogP contribution is 2.17. The van der Waals surface area contributed by atoms with Gasteiger partial charge in [-0.1, -0.05) is 29.8 Å². The van der Waals surface area contributed by atoms with Gasteiger partial charge in [-0.3, -0.25) is 4.98 Å². The number of benzene rings is 1. The normalized spacial score (nSPS) is 10.1. The molecule has 0 radical (unpaired) electrons. The molecule has 0 aliphatic rings. The van der Waals surface area contributed by atoms with Gasteiger partial charge >= 0.3 is 0 Å². The van der Waals surface area contributed by atoms with Crippen LogP contribution in [0.15, 0.2) is 36.7 Å². The van der Waals surface area contributed by atoms with Crippen LogP contribution in [0.5, 0.6) is 5.75 Å². The SMILES string of the molecule is Oc1ccccc1CNc1cncc(Cl)n1. The topological polar surface area (TPSA) is 58.0 Å². The van der Waals surface area contributed by atoms with Crippen LogP contribution in [-0.2, 0) is 6.54 Å². The van der Waals surface area contributed by atoms with Crippen LogP contribution in [0.1, 0.15) is 5.56 Å². The molecule has 1 heterocycles. The van der Waals surface area contributed by atoms with Crippen molar-refractivity contribution >= 4 is 17.4 Å². The van der Waals surface area contributed by atoms with E-state index in [1.54, 1.807) is 18.3 Å². The first-order chi connectivity index (χ1) is 7.75. The lowest BCUT2D eigenvalue weighted by molar-refractivity contribution is 0.469. The quantitative estimate of drug-likeness (QED) is 0.858. The van der Waals surface area contributed by atoms with E-state index in [-0.39, 0.29) is 5.75 Å². The summed E-state index contributed by atoms with van der Waals surface area (Å²) in [7, 11) is 0. The Hall–Kier alpha value is -1.81. The molecule has 2 N–H and O–H groups in total. The van der Waals surface area contributed by atoms with Crippen LogP contribution in [0.25, 0.3) is 0 Å². The van der Waals surface area contributed by atoms with Gasteiger partial charge in [-0.25, -0.2) is 4.98 Å². The summed E-state index contributed by atoms with van der Waals surface area (Å²) < 4.78 is 0. The van der Waals surface area contributed by atoms with Crippen molar-refractivity contribution in [1.82, 2.24) is 9.97 Å².